The second-order valence-corrected chi connectivity index (χ2v) is 6.86. The summed E-state index contributed by atoms with van der Waals surface area (Å²) >= 11 is 1.07. The molecule has 2 amide bonds. The summed E-state index contributed by atoms with van der Waals surface area (Å²) in [6, 6.07) is 7.08. The van der Waals surface area contributed by atoms with Gasteiger partial charge in [0.1, 0.15) is 4.88 Å². The van der Waals surface area contributed by atoms with Crippen molar-refractivity contribution in [1.29, 1.82) is 0 Å². The topological polar surface area (TPSA) is 87.2 Å². The van der Waals surface area contributed by atoms with Gasteiger partial charge in [0.05, 0.1) is 12.2 Å². The Bertz CT molecular complexity index is 738. The van der Waals surface area contributed by atoms with Gasteiger partial charge in [-0.25, -0.2) is 0 Å². The molecular formula is C17H21N5O2S. The molecule has 0 radical (unpaired) electrons. The summed E-state index contributed by atoms with van der Waals surface area (Å²) in [6.07, 6.45) is 3.58. The van der Waals surface area contributed by atoms with Crippen molar-refractivity contribution < 1.29 is 9.59 Å². The summed E-state index contributed by atoms with van der Waals surface area (Å²) in [5.41, 5.74) is 1.99. The predicted octanol–water partition coefficient (Wildman–Crippen LogP) is 2.52. The van der Waals surface area contributed by atoms with E-state index < -0.39 is 0 Å². The number of carbonyl (C=O) groups excluding carboxylic acids is 2. The van der Waals surface area contributed by atoms with Crippen LogP contribution in [0.4, 0.5) is 11.4 Å². The van der Waals surface area contributed by atoms with Gasteiger partial charge in [0.2, 0.25) is 5.91 Å². The van der Waals surface area contributed by atoms with Gasteiger partial charge < -0.3 is 10.6 Å². The number of piperidine rings is 1. The third kappa shape index (κ3) is 4.83. The number of amides is 2. The van der Waals surface area contributed by atoms with Crippen molar-refractivity contribution in [1.82, 2.24) is 14.5 Å². The van der Waals surface area contributed by atoms with E-state index in [2.05, 4.69) is 25.1 Å². The van der Waals surface area contributed by atoms with Crippen molar-refractivity contribution in [2.45, 2.75) is 26.2 Å². The highest BCUT2D eigenvalue weighted by molar-refractivity contribution is 7.08. The van der Waals surface area contributed by atoms with E-state index >= 15 is 0 Å². The Labute approximate surface area is 150 Å². The molecule has 1 aromatic carbocycles. The van der Waals surface area contributed by atoms with Gasteiger partial charge in [0.15, 0.2) is 0 Å². The zero-order chi connectivity index (χ0) is 17.6. The van der Waals surface area contributed by atoms with Crippen LogP contribution in [0, 0.1) is 6.92 Å². The Balaban J connectivity index is 1.52. The number of hydrogen-bond donors (Lipinski definition) is 2. The molecule has 1 saturated heterocycles. The molecule has 1 fully saturated rings. The Morgan fingerprint density at radius 3 is 2.32 bits per heavy atom. The quantitative estimate of drug-likeness (QED) is 0.856. The smallest absolute Gasteiger partial charge is 0.269 e. The van der Waals surface area contributed by atoms with Gasteiger partial charge in [-0.1, -0.05) is 10.9 Å². The highest BCUT2D eigenvalue weighted by Gasteiger charge is 2.15. The molecule has 2 N–H and O–H groups in total. The fraction of sp³-hybridized carbons (Fsp3) is 0.412. The zero-order valence-electron chi connectivity index (χ0n) is 14.1. The fourth-order valence-electron chi connectivity index (χ4n) is 2.79. The van der Waals surface area contributed by atoms with E-state index in [4.69, 9.17) is 0 Å². The number of likely N-dealkylation sites (tertiary alicyclic amines) is 1. The van der Waals surface area contributed by atoms with Crippen LogP contribution in [-0.2, 0) is 4.79 Å². The number of aromatic nitrogens is 2. The molecule has 1 aliphatic heterocycles. The summed E-state index contributed by atoms with van der Waals surface area (Å²) in [4.78, 5) is 26.9. The van der Waals surface area contributed by atoms with E-state index in [1.807, 2.05) is 0 Å². The van der Waals surface area contributed by atoms with Gasteiger partial charge >= 0.3 is 0 Å². The summed E-state index contributed by atoms with van der Waals surface area (Å²) in [5, 5.41) is 9.53. The maximum Gasteiger partial charge on any atom is 0.269 e. The molecule has 0 atom stereocenters. The van der Waals surface area contributed by atoms with Crippen LogP contribution in [0.1, 0.15) is 34.6 Å². The van der Waals surface area contributed by atoms with Crippen LogP contribution in [0.15, 0.2) is 24.3 Å². The van der Waals surface area contributed by atoms with Gasteiger partial charge in [0.25, 0.3) is 5.91 Å². The first kappa shape index (κ1) is 17.5. The predicted molar refractivity (Wildman–Crippen MR) is 98.0 cm³/mol. The molecule has 7 nitrogen and oxygen atoms in total. The highest BCUT2D eigenvalue weighted by atomic mass is 32.1. The van der Waals surface area contributed by atoms with Crippen LogP contribution in [0.25, 0.3) is 0 Å². The summed E-state index contributed by atoms with van der Waals surface area (Å²) in [7, 11) is 0. The van der Waals surface area contributed by atoms with Crippen LogP contribution in [0.3, 0.4) is 0 Å². The van der Waals surface area contributed by atoms with E-state index in [9.17, 15) is 9.59 Å². The third-order valence-corrected chi connectivity index (χ3v) is 4.93. The number of benzene rings is 1. The molecule has 2 aromatic rings. The molecule has 1 aromatic heterocycles. The van der Waals surface area contributed by atoms with E-state index in [1.165, 1.54) is 6.42 Å². The molecule has 0 saturated carbocycles. The first-order chi connectivity index (χ1) is 12.1. The number of rotatable bonds is 5. The van der Waals surface area contributed by atoms with Gasteiger partial charge in [-0.15, -0.1) is 5.10 Å². The molecule has 132 valence electrons. The van der Waals surface area contributed by atoms with Crippen molar-refractivity contribution >= 4 is 34.7 Å². The lowest BCUT2D eigenvalue weighted by Crippen LogP contribution is -2.36. The summed E-state index contributed by atoms with van der Waals surface area (Å²) in [5.74, 6) is -0.237. The van der Waals surface area contributed by atoms with E-state index in [0.717, 1.165) is 43.2 Å². The Morgan fingerprint density at radius 2 is 1.72 bits per heavy atom. The Morgan fingerprint density at radius 1 is 1.08 bits per heavy atom. The lowest BCUT2D eigenvalue weighted by atomic mass is 10.1. The van der Waals surface area contributed by atoms with Gasteiger partial charge in [0, 0.05) is 11.4 Å². The molecule has 8 heteroatoms. The number of anilines is 2. The minimum atomic E-state index is -0.227. The molecular weight excluding hydrogens is 338 g/mol. The maximum atomic E-state index is 12.1. The zero-order valence-corrected chi connectivity index (χ0v) is 14.9. The second-order valence-electron chi connectivity index (χ2n) is 6.10. The molecule has 2 heterocycles. The lowest BCUT2D eigenvalue weighted by molar-refractivity contribution is -0.117. The maximum absolute atomic E-state index is 12.1. The summed E-state index contributed by atoms with van der Waals surface area (Å²) < 4.78 is 3.76. The number of carbonyl (C=O) groups is 2. The monoisotopic (exact) mass is 359 g/mol. The Hall–Kier alpha value is -2.32. The van der Waals surface area contributed by atoms with Crippen molar-refractivity contribution in [2.75, 3.05) is 30.3 Å². The van der Waals surface area contributed by atoms with Crippen molar-refractivity contribution in [3.05, 3.63) is 34.8 Å². The van der Waals surface area contributed by atoms with Crippen LogP contribution in [0.5, 0.6) is 0 Å². The van der Waals surface area contributed by atoms with E-state index in [0.29, 0.717) is 22.8 Å². The van der Waals surface area contributed by atoms with Crippen molar-refractivity contribution in [3.8, 4) is 0 Å². The molecule has 0 unspecified atom stereocenters. The average Bonchev–Trinajstić information content (AvgIpc) is 3.03. The van der Waals surface area contributed by atoms with Gasteiger partial charge in [-0.2, -0.15) is 0 Å². The van der Waals surface area contributed by atoms with Crippen molar-refractivity contribution in [2.24, 2.45) is 0 Å². The van der Waals surface area contributed by atoms with Crippen LogP contribution < -0.4 is 10.6 Å². The largest absolute Gasteiger partial charge is 0.325 e. The Kier molecular flexibility index (Phi) is 5.72. The standard InChI is InChI=1S/C17H21N5O2S/c1-12-16(25-21-20-12)17(24)19-14-7-5-13(6-8-14)18-15(23)11-22-9-3-2-4-10-22/h5-8H,2-4,9-11H2,1H3,(H,18,23)(H,19,24). The molecule has 25 heavy (non-hydrogen) atoms. The number of nitrogens with one attached hydrogen (secondary N) is 2. The van der Waals surface area contributed by atoms with Crippen LogP contribution >= 0.6 is 11.5 Å². The number of nitrogens with zero attached hydrogens (tertiary/aromatic N) is 3. The molecule has 0 aliphatic carbocycles. The SMILES string of the molecule is Cc1nnsc1C(=O)Nc1ccc(NC(=O)CN2CCCCC2)cc1. The second kappa shape index (κ2) is 8.17. The average molecular weight is 359 g/mol. The fourth-order valence-corrected chi connectivity index (χ4v) is 3.34. The normalized spacial score (nSPS) is 14.9. The number of hydrogen-bond acceptors (Lipinski definition) is 6. The first-order valence-corrected chi connectivity index (χ1v) is 9.12. The molecule has 0 bridgehead atoms. The van der Waals surface area contributed by atoms with Gasteiger partial charge in [-0.05, 0) is 68.7 Å². The van der Waals surface area contributed by atoms with E-state index in [1.54, 1.807) is 31.2 Å². The molecule has 3 rings (SSSR count). The first-order valence-electron chi connectivity index (χ1n) is 8.34. The lowest BCUT2D eigenvalue weighted by Gasteiger charge is -2.25. The van der Waals surface area contributed by atoms with Crippen molar-refractivity contribution in [3.63, 3.8) is 0 Å². The van der Waals surface area contributed by atoms with E-state index in [-0.39, 0.29) is 11.8 Å². The molecule has 1 aliphatic rings. The minimum Gasteiger partial charge on any atom is -0.325 e. The van der Waals surface area contributed by atoms with Gasteiger partial charge in [-0.3, -0.25) is 14.5 Å². The highest BCUT2D eigenvalue weighted by Crippen LogP contribution is 2.17. The number of aryl methyl sites for hydroxylation is 1. The third-order valence-electron chi connectivity index (χ3n) is 4.10. The minimum absolute atomic E-state index is 0.00922. The molecule has 0 spiro atoms. The van der Waals surface area contributed by atoms with Crippen LogP contribution in [0.2, 0.25) is 0 Å². The summed E-state index contributed by atoms with van der Waals surface area (Å²) in [6.45, 7) is 4.16. The van der Waals surface area contributed by atoms with Crippen LogP contribution in [-0.4, -0.2) is 45.9 Å².